The lowest BCUT2D eigenvalue weighted by Gasteiger charge is -2.35. The summed E-state index contributed by atoms with van der Waals surface area (Å²) >= 11 is 0. The van der Waals surface area contributed by atoms with Crippen LogP contribution in [0.1, 0.15) is 53.4 Å². The van der Waals surface area contributed by atoms with E-state index in [1.54, 1.807) is 0 Å². The van der Waals surface area contributed by atoms with Gasteiger partial charge in [-0.3, -0.25) is 9.13 Å². The average molecular weight is 493 g/mol. The summed E-state index contributed by atoms with van der Waals surface area (Å²) in [7, 11) is -1.60. The standard InChI is InChI=1S/C18H42NO8P3/c1-17(2)19(18(3)4)28(26-13-9-11-15-29(20,22-5)23-6)27-14-10-12-16-30(21,24-7)25-8/h17-18H,9-16H2,1-8H3. The highest BCUT2D eigenvalue weighted by molar-refractivity contribution is 7.54. The predicted molar refractivity (Wildman–Crippen MR) is 122 cm³/mol. The zero-order valence-electron chi connectivity index (χ0n) is 19.9. The molecule has 0 aromatic rings. The van der Waals surface area contributed by atoms with Gasteiger partial charge in [-0.25, -0.2) is 4.67 Å². The zero-order valence-corrected chi connectivity index (χ0v) is 22.5. The molecule has 182 valence electrons. The monoisotopic (exact) mass is 493 g/mol. The SMILES string of the molecule is COP(=O)(CCCCOP(OCCCCP(=O)(OC)OC)N(C(C)C)C(C)C)OC. The van der Waals surface area contributed by atoms with Gasteiger partial charge < -0.3 is 27.1 Å². The van der Waals surface area contributed by atoms with Crippen molar-refractivity contribution in [2.75, 3.05) is 54.0 Å². The van der Waals surface area contributed by atoms with Crippen LogP contribution in [0, 0.1) is 0 Å². The van der Waals surface area contributed by atoms with E-state index in [4.69, 9.17) is 27.1 Å². The van der Waals surface area contributed by atoms with Gasteiger partial charge in [-0.2, -0.15) is 0 Å². The molecule has 0 bridgehead atoms. The van der Waals surface area contributed by atoms with Gasteiger partial charge in [0.05, 0.1) is 25.5 Å². The maximum Gasteiger partial charge on any atom is 0.330 e. The number of hydrogen-bond acceptors (Lipinski definition) is 9. The topological polar surface area (TPSA) is 92.8 Å². The number of unbranched alkanes of at least 4 members (excludes halogenated alkanes) is 2. The van der Waals surface area contributed by atoms with Crippen LogP contribution in [-0.4, -0.2) is 70.7 Å². The van der Waals surface area contributed by atoms with Crippen LogP contribution >= 0.6 is 23.7 Å². The molecule has 9 nitrogen and oxygen atoms in total. The highest BCUT2D eigenvalue weighted by Crippen LogP contribution is 2.49. The Hall–Kier alpha value is 0.610. The fourth-order valence-corrected chi connectivity index (χ4v) is 6.67. The van der Waals surface area contributed by atoms with E-state index in [2.05, 4.69) is 32.4 Å². The Morgan fingerprint density at radius 1 is 0.667 bits per heavy atom. The fourth-order valence-electron chi connectivity index (χ4n) is 2.76. The van der Waals surface area contributed by atoms with Gasteiger partial charge in [0, 0.05) is 40.5 Å². The second-order valence-corrected chi connectivity index (χ2v) is 13.5. The zero-order chi connectivity index (χ0) is 23.2. The number of rotatable bonds is 19. The smallest absolute Gasteiger partial charge is 0.322 e. The van der Waals surface area contributed by atoms with Crippen LogP contribution in [0.3, 0.4) is 0 Å². The second kappa shape index (κ2) is 16.3. The highest BCUT2D eigenvalue weighted by atomic mass is 31.2. The van der Waals surface area contributed by atoms with Crippen molar-refractivity contribution < 1.29 is 36.3 Å². The summed E-state index contributed by atoms with van der Waals surface area (Å²) in [5.41, 5.74) is 0. The van der Waals surface area contributed by atoms with Crippen LogP contribution in [0.15, 0.2) is 0 Å². The fraction of sp³-hybridized carbons (Fsp3) is 1.00. The molecule has 0 unspecified atom stereocenters. The molecule has 0 aliphatic rings. The molecule has 0 aromatic heterocycles. The molecule has 0 radical (unpaired) electrons. The normalized spacial score (nSPS) is 13.3. The summed E-state index contributed by atoms with van der Waals surface area (Å²) in [4.78, 5) is 0. The lowest BCUT2D eigenvalue weighted by Crippen LogP contribution is -2.33. The summed E-state index contributed by atoms with van der Waals surface area (Å²) in [5, 5.41) is 0. The van der Waals surface area contributed by atoms with E-state index in [0.717, 1.165) is 12.8 Å². The molecule has 0 fully saturated rings. The molecule has 0 rings (SSSR count). The molecular formula is C18H42NO8P3. The second-order valence-electron chi connectivity index (χ2n) is 7.29. The molecule has 0 heterocycles. The largest absolute Gasteiger partial charge is 0.330 e. The van der Waals surface area contributed by atoms with Crippen molar-refractivity contribution in [3.05, 3.63) is 0 Å². The van der Waals surface area contributed by atoms with Crippen LogP contribution in [-0.2, 0) is 36.3 Å². The van der Waals surface area contributed by atoms with Crippen molar-refractivity contribution in [2.45, 2.75) is 65.5 Å². The Morgan fingerprint density at radius 2 is 1.00 bits per heavy atom. The van der Waals surface area contributed by atoms with Gasteiger partial charge in [0.15, 0.2) is 0 Å². The molecule has 0 atom stereocenters. The molecule has 30 heavy (non-hydrogen) atoms. The van der Waals surface area contributed by atoms with Crippen molar-refractivity contribution >= 4 is 23.7 Å². The van der Waals surface area contributed by atoms with E-state index >= 15 is 0 Å². The molecule has 0 amide bonds. The Labute approximate surface area is 184 Å². The van der Waals surface area contributed by atoms with Crippen LogP contribution in [0.5, 0.6) is 0 Å². The van der Waals surface area contributed by atoms with Crippen molar-refractivity contribution in [3.63, 3.8) is 0 Å². The van der Waals surface area contributed by atoms with Crippen LogP contribution in [0.25, 0.3) is 0 Å². The summed E-state index contributed by atoms with van der Waals surface area (Å²) in [5.74, 6) is 0. The highest BCUT2D eigenvalue weighted by Gasteiger charge is 2.27. The lowest BCUT2D eigenvalue weighted by molar-refractivity contribution is 0.171. The molecule has 0 aliphatic carbocycles. The molecule has 0 saturated carbocycles. The predicted octanol–water partition coefficient (Wildman–Crippen LogP) is 5.90. The van der Waals surface area contributed by atoms with Crippen molar-refractivity contribution in [2.24, 2.45) is 0 Å². The average Bonchev–Trinajstić information content (AvgIpc) is 2.71. The third-order valence-corrected chi connectivity index (χ3v) is 10.5. The van der Waals surface area contributed by atoms with Gasteiger partial charge in [0.2, 0.25) is 0 Å². The minimum atomic E-state index is -2.98. The maximum absolute atomic E-state index is 12.1. The van der Waals surface area contributed by atoms with Crippen molar-refractivity contribution in [1.82, 2.24) is 4.67 Å². The lowest BCUT2D eigenvalue weighted by atomic mass is 10.3. The summed E-state index contributed by atoms with van der Waals surface area (Å²) in [6.45, 7) is 9.45. The maximum atomic E-state index is 12.1. The first-order valence-corrected chi connectivity index (χ1v) is 14.9. The molecular weight excluding hydrogens is 451 g/mol. The molecule has 12 heteroatoms. The van der Waals surface area contributed by atoms with E-state index in [1.165, 1.54) is 28.4 Å². The van der Waals surface area contributed by atoms with Gasteiger partial charge in [0.25, 0.3) is 8.53 Å². The van der Waals surface area contributed by atoms with Crippen molar-refractivity contribution in [1.29, 1.82) is 0 Å². The molecule has 0 aromatic carbocycles. The Balaban J connectivity index is 4.60. The van der Waals surface area contributed by atoms with Crippen molar-refractivity contribution in [3.8, 4) is 0 Å². The van der Waals surface area contributed by atoms with E-state index in [9.17, 15) is 9.13 Å². The third kappa shape index (κ3) is 12.0. The first-order valence-electron chi connectivity index (χ1n) is 10.3. The number of hydrogen-bond donors (Lipinski definition) is 0. The molecule has 0 N–H and O–H groups in total. The third-order valence-electron chi connectivity index (χ3n) is 4.42. The van der Waals surface area contributed by atoms with Gasteiger partial charge >= 0.3 is 15.2 Å². The van der Waals surface area contributed by atoms with E-state index in [1.807, 2.05) is 0 Å². The Kier molecular flexibility index (Phi) is 16.6. The van der Waals surface area contributed by atoms with Crippen LogP contribution in [0.2, 0.25) is 0 Å². The van der Waals surface area contributed by atoms with E-state index < -0.39 is 23.7 Å². The van der Waals surface area contributed by atoms with E-state index in [0.29, 0.717) is 38.4 Å². The first kappa shape index (κ1) is 30.6. The Morgan fingerprint density at radius 3 is 1.27 bits per heavy atom. The van der Waals surface area contributed by atoms with Gasteiger partial charge in [0.1, 0.15) is 0 Å². The molecule has 0 spiro atoms. The van der Waals surface area contributed by atoms with Gasteiger partial charge in [-0.15, -0.1) is 0 Å². The first-order chi connectivity index (χ1) is 14.1. The van der Waals surface area contributed by atoms with Gasteiger partial charge in [-0.05, 0) is 53.4 Å². The summed E-state index contributed by atoms with van der Waals surface area (Å²) in [6.07, 6.45) is 3.53. The quantitative estimate of drug-likeness (QED) is 0.161. The van der Waals surface area contributed by atoms with Crippen LogP contribution in [0.4, 0.5) is 0 Å². The summed E-state index contributed by atoms with van der Waals surface area (Å²) in [6, 6.07) is 0.529. The van der Waals surface area contributed by atoms with E-state index in [-0.39, 0.29) is 12.1 Å². The van der Waals surface area contributed by atoms with Gasteiger partial charge in [-0.1, -0.05) is 0 Å². The van der Waals surface area contributed by atoms with Crippen LogP contribution < -0.4 is 0 Å². The number of nitrogens with zero attached hydrogens (tertiary/aromatic N) is 1. The minimum Gasteiger partial charge on any atom is -0.322 e. The Bertz CT molecular complexity index is 476. The molecule has 0 aliphatic heterocycles. The summed E-state index contributed by atoms with van der Waals surface area (Å²) < 4.78 is 58.4. The minimum absolute atomic E-state index is 0.264. The molecule has 0 saturated heterocycles.